The monoisotopic (exact) mass is 297 g/mol. The topological polar surface area (TPSA) is 75.5 Å². The van der Waals surface area contributed by atoms with Crippen LogP contribution in [0.25, 0.3) is 0 Å². The van der Waals surface area contributed by atoms with Crippen LogP contribution in [0, 0.1) is 16.0 Å². The van der Waals surface area contributed by atoms with E-state index in [-0.39, 0.29) is 15.8 Å². The smallest absolute Gasteiger partial charge is 0.324 e. The van der Waals surface area contributed by atoms with Crippen molar-refractivity contribution >= 4 is 22.2 Å². The number of amides is 1. The van der Waals surface area contributed by atoms with Gasteiger partial charge in [0.15, 0.2) is 0 Å². The second kappa shape index (κ2) is 6.81. The van der Waals surface area contributed by atoms with Gasteiger partial charge in [0.1, 0.15) is 0 Å². The molecule has 0 radical (unpaired) electrons. The van der Waals surface area contributed by atoms with Crippen LogP contribution in [0.2, 0.25) is 0 Å². The molecular weight excluding hydrogens is 278 g/mol. The van der Waals surface area contributed by atoms with Crippen molar-refractivity contribution in [3.05, 3.63) is 27.1 Å². The zero-order chi connectivity index (χ0) is 14.5. The van der Waals surface area contributed by atoms with Gasteiger partial charge in [-0.05, 0) is 30.9 Å². The Morgan fingerprint density at radius 3 is 3.10 bits per heavy atom. The van der Waals surface area contributed by atoms with E-state index in [1.807, 2.05) is 5.38 Å². The van der Waals surface area contributed by atoms with Gasteiger partial charge in [-0.25, -0.2) is 0 Å². The van der Waals surface area contributed by atoms with Gasteiger partial charge in [0.2, 0.25) is 5.91 Å². The summed E-state index contributed by atoms with van der Waals surface area (Å²) in [7, 11) is 0. The largest absolute Gasteiger partial charge is 0.356 e. The minimum atomic E-state index is -0.343. The van der Waals surface area contributed by atoms with Crippen LogP contribution in [0.3, 0.4) is 0 Å². The van der Waals surface area contributed by atoms with Crippen LogP contribution in [0.4, 0.5) is 5.00 Å². The second-order valence-corrected chi connectivity index (χ2v) is 6.12. The van der Waals surface area contributed by atoms with E-state index in [4.69, 9.17) is 0 Å². The molecule has 0 spiro atoms. The summed E-state index contributed by atoms with van der Waals surface area (Å²) >= 11 is 1.18. The van der Waals surface area contributed by atoms with Crippen LogP contribution >= 0.6 is 11.3 Å². The Balaban J connectivity index is 1.85. The zero-order valence-corrected chi connectivity index (χ0v) is 12.3. The van der Waals surface area contributed by atoms with Crippen molar-refractivity contribution in [2.24, 2.45) is 5.92 Å². The summed E-state index contributed by atoms with van der Waals surface area (Å²) in [6.45, 7) is 4.95. The van der Waals surface area contributed by atoms with Gasteiger partial charge in [-0.2, -0.15) is 0 Å². The first-order chi connectivity index (χ1) is 9.54. The second-order valence-electron chi connectivity index (χ2n) is 5.23. The molecule has 110 valence electrons. The van der Waals surface area contributed by atoms with Crippen molar-refractivity contribution in [3.8, 4) is 0 Å². The molecule has 1 aromatic rings. The standard InChI is InChI=1S/C13H19N3O3S/c1-10(17)14-6-11-3-2-4-15(7-11)8-12-5-13(16(18)19)20-9-12/h5,9,11H,2-4,6-8H2,1H3,(H,14,17)/t11-/m1/s1. The quantitative estimate of drug-likeness (QED) is 0.666. The molecule has 0 unspecified atom stereocenters. The number of nitrogens with one attached hydrogen (secondary N) is 1. The summed E-state index contributed by atoms with van der Waals surface area (Å²) in [4.78, 5) is 23.6. The molecule has 2 rings (SSSR count). The highest BCUT2D eigenvalue weighted by atomic mass is 32.1. The highest BCUT2D eigenvalue weighted by Crippen LogP contribution is 2.25. The molecule has 20 heavy (non-hydrogen) atoms. The summed E-state index contributed by atoms with van der Waals surface area (Å²) < 4.78 is 0. The first-order valence-electron chi connectivity index (χ1n) is 6.73. The molecule has 1 fully saturated rings. The molecule has 1 aromatic heterocycles. The summed E-state index contributed by atoms with van der Waals surface area (Å²) in [6.07, 6.45) is 2.23. The summed E-state index contributed by atoms with van der Waals surface area (Å²) in [5.41, 5.74) is 1.00. The number of nitrogens with zero attached hydrogens (tertiary/aromatic N) is 2. The van der Waals surface area contributed by atoms with Gasteiger partial charge in [0.05, 0.1) is 4.92 Å². The average Bonchev–Trinajstić information content (AvgIpc) is 2.85. The van der Waals surface area contributed by atoms with Gasteiger partial charge in [-0.15, -0.1) is 0 Å². The SMILES string of the molecule is CC(=O)NC[C@H]1CCCN(Cc2csc([N+](=O)[O-])c2)C1. The van der Waals surface area contributed by atoms with E-state index in [1.54, 1.807) is 6.07 Å². The highest BCUT2D eigenvalue weighted by molar-refractivity contribution is 7.13. The molecule has 0 bridgehead atoms. The van der Waals surface area contributed by atoms with Crippen molar-refractivity contribution < 1.29 is 9.72 Å². The van der Waals surface area contributed by atoms with Gasteiger partial charge in [-0.3, -0.25) is 19.8 Å². The Labute approximate surface area is 121 Å². The number of likely N-dealkylation sites (tertiary alicyclic amines) is 1. The molecule has 1 aliphatic heterocycles. The maximum absolute atomic E-state index is 10.9. The molecule has 1 saturated heterocycles. The van der Waals surface area contributed by atoms with Crippen LogP contribution in [0.15, 0.2) is 11.4 Å². The van der Waals surface area contributed by atoms with E-state index in [1.165, 1.54) is 18.3 Å². The normalized spacial score (nSPS) is 19.8. The van der Waals surface area contributed by atoms with Crippen molar-refractivity contribution in [2.75, 3.05) is 19.6 Å². The Morgan fingerprint density at radius 1 is 1.65 bits per heavy atom. The predicted molar refractivity (Wildman–Crippen MR) is 77.7 cm³/mol. The lowest BCUT2D eigenvalue weighted by Gasteiger charge is -2.32. The van der Waals surface area contributed by atoms with Crippen LogP contribution in [0.5, 0.6) is 0 Å². The Hall–Kier alpha value is -1.47. The molecule has 0 aliphatic carbocycles. The van der Waals surface area contributed by atoms with E-state index in [9.17, 15) is 14.9 Å². The molecule has 1 N–H and O–H groups in total. The van der Waals surface area contributed by atoms with Crippen molar-refractivity contribution in [1.29, 1.82) is 0 Å². The lowest BCUT2D eigenvalue weighted by atomic mass is 9.97. The fourth-order valence-corrected chi connectivity index (χ4v) is 3.27. The third-order valence-electron chi connectivity index (χ3n) is 3.47. The summed E-state index contributed by atoms with van der Waals surface area (Å²) in [5.74, 6) is 0.483. The number of rotatable bonds is 5. The first-order valence-corrected chi connectivity index (χ1v) is 7.61. The first kappa shape index (κ1) is 14.9. The molecule has 1 amide bonds. The maximum Gasteiger partial charge on any atom is 0.324 e. The van der Waals surface area contributed by atoms with Crippen LogP contribution < -0.4 is 5.32 Å². The van der Waals surface area contributed by atoms with Crippen molar-refractivity contribution in [2.45, 2.75) is 26.3 Å². The number of piperidine rings is 1. The third-order valence-corrected chi connectivity index (χ3v) is 4.40. The van der Waals surface area contributed by atoms with Crippen LogP contribution in [-0.4, -0.2) is 35.4 Å². The number of carbonyl (C=O) groups excluding carboxylic acids is 1. The van der Waals surface area contributed by atoms with E-state index >= 15 is 0 Å². The maximum atomic E-state index is 10.9. The van der Waals surface area contributed by atoms with Gasteiger partial charge in [0.25, 0.3) is 0 Å². The minimum Gasteiger partial charge on any atom is -0.356 e. The number of carbonyl (C=O) groups is 1. The fraction of sp³-hybridized carbons (Fsp3) is 0.615. The van der Waals surface area contributed by atoms with Crippen molar-refractivity contribution in [1.82, 2.24) is 10.2 Å². The molecule has 2 heterocycles. The van der Waals surface area contributed by atoms with Gasteiger partial charge >= 0.3 is 5.00 Å². The molecule has 1 aliphatic rings. The number of hydrogen-bond acceptors (Lipinski definition) is 5. The van der Waals surface area contributed by atoms with Gasteiger partial charge in [-0.1, -0.05) is 11.3 Å². The predicted octanol–water partition coefficient (Wildman–Crippen LogP) is 2.00. The molecule has 1 atom stereocenters. The van der Waals surface area contributed by atoms with E-state index < -0.39 is 0 Å². The molecule has 0 aromatic carbocycles. The van der Waals surface area contributed by atoms with Crippen molar-refractivity contribution in [3.63, 3.8) is 0 Å². The molecule has 0 saturated carbocycles. The number of thiophene rings is 1. The Morgan fingerprint density at radius 2 is 2.45 bits per heavy atom. The third kappa shape index (κ3) is 4.28. The van der Waals surface area contributed by atoms with Gasteiger partial charge < -0.3 is 5.32 Å². The minimum absolute atomic E-state index is 0.00980. The summed E-state index contributed by atoms with van der Waals surface area (Å²) in [5, 5.41) is 15.6. The molecule has 6 nitrogen and oxygen atoms in total. The van der Waals surface area contributed by atoms with E-state index in [0.717, 1.165) is 44.6 Å². The highest BCUT2D eigenvalue weighted by Gasteiger charge is 2.21. The van der Waals surface area contributed by atoms with Crippen LogP contribution in [-0.2, 0) is 11.3 Å². The number of nitro groups is 1. The Bertz CT molecular complexity index is 489. The summed E-state index contributed by atoms with van der Waals surface area (Å²) in [6, 6.07) is 1.65. The molecular formula is C13H19N3O3S. The van der Waals surface area contributed by atoms with Crippen LogP contribution in [0.1, 0.15) is 25.3 Å². The van der Waals surface area contributed by atoms with Gasteiger partial charge in [0, 0.05) is 38.0 Å². The lowest BCUT2D eigenvalue weighted by Crippen LogP contribution is -2.40. The fourth-order valence-electron chi connectivity index (χ4n) is 2.55. The van der Waals surface area contributed by atoms with E-state index in [2.05, 4.69) is 10.2 Å². The lowest BCUT2D eigenvalue weighted by molar-refractivity contribution is -0.380. The Kier molecular flexibility index (Phi) is 5.08. The average molecular weight is 297 g/mol. The zero-order valence-electron chi connectivity index (χ0n) is 11.5. The molecule has 7 heteroatoms. The number of hydrogen-bond donors (Lipinski definition) is 1. The van der Waals surface area contributed by atoms with E-state index in [0.29, 0.717) is 5.92 Å².